The number of amides is 2. The normalized spacial score (nSPS) is 18.8. The molecule has 1 aromatic heterocycles. The molecule has 1 aromatic rings. The van der Waals surface area contributed by atoms with E-state index >= 15 is 0 Å². The molecule has 2 atom stereocenters. The van der Waals surface area contributed by atoms with Gasteiger partial charge in [-0.05, 0) is 30.9 Å². The van der Waals surface area contributed by atoms with Crippen LogP contribution in [-0.2, 0) is 6.54 Å². The molecule has 0 radical (unpaired) electrons. The summed E-state index contributed by atoms with van der Waals surface area (Å²) in [6, 6.07) is 6.00. The largest absolute Gasteiger partial charge is 0.391 e. The zero-order chi connectivity index (χ0) is 17.4. The standard InChI is InChI=1S/C18H30N4O2/c1-3-14(2)17(23)12-20-18(24)21-15-7-10-22(11-8-15)13-16-6-4-5-9-19-16/h4-6,9,14-15,17,23H,3,7-8,10-13H2,1-2H3,(H2,20,21,24). The van der Waals surface area contributed by atoms with Crippen LogP contribution in [0.2, 0.25) is 0 Å². The number of hydrogen-bond donors (Lipinski definition) is 3. The van der Waals surface area contributed by atoms with E-state index in [1.54, 1.807) is 0 Å². The minimum Gasteiger partial charge on any atom is -0.391 e. The van der Waals surface area contributed by atoms with Crippen LogP contribution >= 0.6 is 0 Å². The van der Waals surface area contributed by atoms with E-state index in [4.69, 9.17) is 0 Å². The molecule has 2 unspecified atom stereocenters. The van der Waals surface area contributed by atoms with Crippen molar-refractivity contribution in [1.29, 1.82) is 0 Å². The first-order valence-electron chi connectivity index (χ1n) is 8.93. The first-order chi connectivity index (χ1) is 11.6. The number of nitrogens with one attached hydrogen (secondary N) is 2. The number of carbonyl (C=O) groups excluding carboxylic acids is 1. The second kappa shape index (κ2) is 9.59. The van der Waals surface area contributed by atoms with Crippen LogP contribution in [0.25, 0.3) is 0 Å². The zero-order valence-corrected chi connectivity index (χ0v) is 14.7. The summed E-state index contributed by atoms with van der Waals surface area (Å²) in [6.45, 7) is 7.10. The molecule has 3 N–H and O–H groups in total. The molecular formula is C18H30N4O2. The van der Waals surface area contributed by atoms with Gasteiger partial charge in [0.2, 0.25) is 0 Å². The Kier molecular flexibility index (Phi) is 7.46. The SMILES string of the molecule is CCC(C)C(O)CNC(=O)NC1CCN(Cc2ccccn2)CC1. The number of piperidine rings is 1. The second-order valence-electron chi connectivity index (χ2n) is 6.68. The summed E-state index contributed by atoms with van der Waals surface area (Å²) in [6.07, 6.45) is 4.12. The third-order valence-corrected chi connectivity index (χ3v) is 4.81. The van der Waals surface area contributed by atoms with Gasteiger partial charge in [-0.2, -0.15) is 0 Å². The first kappa shape index (κ1) is 18.7. The number of aliphatic hydroxyl groups is 1. The molecule has 6 heteroatoms. The minimum atomic E-state index is -0.485. The Bertz CT molecular complexity index is 489. The van der Waals surface area contributed by atoms with Crippen molar-refractivity contribution < 1.29 is 9.90 Å². The van der Waals surface area contributed by atoms with Crippen molar-refractivity contribution >= 4 is 6.03 Å². The van der Waals surface area contributed by atoms with Crippen molar-refractivity contribution in [2.24, 2.45) is 5.92 Å². The van der Waals surface area contributed by atoms with Crippen LogP contribution in [-0.4, -0.2) is 52.8 Å². The van der Waals surface area contributed by atoms with E-state index in [1.165, 1.54) is 0 Å². The van der Waals surface area contributed by atoms with E-state index in [9.17, 15) is 9.90 Å². The molecule has 0 aromatic carbocycles. The fourth-order valence-electron chi connectivity index (χ4n) is 2.86. The van der Waals surface area contributed by atoms with E-state index < -0.39 is 6.10 Å². The third kappa shape index (κ3) is 6.09. The Hall–Kier alpha value is -1.66. The fraction of sp³-hybridized carbons (Fsp3) is 0.667. The molecule has 2 heterocycles. The number of carbonyl (C=O) groups is 1. The summed E-state index contributed by atoms with van der Waals surface area (Å²) >= 11 is 0. The van der Waals surface area contributed by atoms with E-state index in [-0.39, 0.29) is 18.0 Å². The van der Waals surface area contributed by atoms with Crippen LogP contribution in [0.1, 0.15) is 38.8 Å². The average Bonchev–Trinajstić information content (AvgIpc) is 2.61. The molecule has 0 aliphatic carbocycles. The van der Waals surface area contributed by atoms with E-state index in [1.807, 2.05) is 38.2 Å². The van der Waals surface area contributed by atoms with Crippen molar-refractivity contribution in [3.63, 3.8) is 0 Å². The maximum atomic E-state index is 11.9. The lowest BCUT2D eigenvalue weighted by Gasteiger charge is -2.32. The molecule has 24 heavy (non-hydrogen) atoms. The summed E-state index contributed by atoms with van der Waals surface area (Å²) in [4.78, 5) is 18.7. The fourth-order valence-corrected chi connectivity index (χ4v) is 2.86. The van der Waals surface area contributed by atoms with Gasteiger partial charge in [0.1, 0.15) is 0 Å². The highest BCUT2D eigenvalue weighted by atomic mass is 16.3. The molecular weight excluding hydrogens is 304 g/mol. The van der Waals surface area contributed by atoms with Gasteiger partial charge >= 0.3 is 6.03 Å². The van der Waals surface area contributed by atoms with Crippen molar-refractivity contribution in [3.8, 4) is 0 Å². The molecule has 1 saturated heterocycles. The highest BCUT2D eigenvalue weighted by Gasteiger charge is 2.21. The van der Waals surface area contributed by atoms with Crippen molar-refractivity contribution in [3.05, 3.63) is 30.1 Å². The first-order valence-corrected chi connectivity index (χ1v) is 8.93. The van der Waals surface area contributed by atoms with E-state index in [0.717, 1.165) is 44.6 Å². The summed E-state index contributed by atoms with van der Waals surface area (Å²) < 4.78 is 0. The van der Waals surface area contributed by atoms with Gasteiger partial charge in [0.15, 0.2) is 0 Å². The van der Waals surface area contributed by atoms with Gasteiger partial charge < -0.3 is 15.7 Å². The van der Waals surface area contributed by atoms with Crippen LogP contribution in [0.4, 0.5) is 4.79 Å². The number of urea groups is 1. The predicted octanol–water partition coefficient (Wildman–Crippen LogP) is 1.75. The average molecular weight is 334 g/mol. The number of hydrogen-bond acceptors (Lipinski definition) is 4. The van der Waals surface area contributed by atoms with E-state index in [2.05, 4.69) is 20.5 Å². The molecule has 1 aliphatic heterocycles. The van der Waals surface area contributed by atoms with Gasteiger partial charge in [0.05, 0.1) is 11.8 Å². The van der Waals surface area contributed by atoms with Crippen LogP contribution in [0.5, 0.6) is 0 Å². The number of pyridine rings is 1. The zero-order valence-electron chi connectivity index (χ0n) is 14.7. The maximum Gasteiger partial charge on any atom is 0.315 e. The number of aliphatic hydroxyl groups excluding tert-OH is 1. The van der Waals surface area contributed by atoms with Crippen molar-refractivity contribution in [2.75, 3.05) is 19.6 Å². The minimum absolute atomic E-state index is 0.180. The van der Waals surface area contributed by atoms with Gasteiger partial charge in [0, 0.05) is 38.4 Å². The quantitative estimate of drug-likeness (QED) is 0.710. The van der Waals surface area contributed by atoms with Crippen molar-refractivity contribution in [1.82, 2.24) is 20.5 Å². The molecule has 0 bridgehead atoms. The van der Waals surface area contributed by atoms with Gasteiger partial charge in [-0.3, -0.25) is 9.88 Å². The summed E-state index contributed by atoms with van der Waals surface area (Å²) in [5.41, 5.74) is 1.08. The lowest BCUT2D eigenvalue weighted by atomic mass is 10.0. The van der Waals surface area contributed by atoms with Crippen LogP contribution in [0.3, 0.4) is 0 Å². The number of aromatic nitrogens is 1. The highest BCUT2D eigenvalue weighted by molar-refractivity contribution is 5.74. The van der Waals surface area contributed by atoms with E-state index in [0.29, 0.717) is 6.54 Å². The Morgan fingerprint density at radius 1 is 1.42 bits per heavy atom. The van der Waals surface area contributed by atoms with Crippen LogP contribution in [0.15, 0.2) is 24.4 Å². The van der Waals surface area contributed by atoms with Crippen LogP contribution in [0, 0.1) is 5.92 Å². The number of likely N-dealkylation sites (tertiary alicyclic amines) is 1. The number of rotatable bonds is 7. The lowest BCUT2D eigenvalue weighted by molar-refractivity contribution is 0.114. The lowest BCUT2D eigenvalue weighted by Crippen LogP contribution is -2.49. The molecule has 2 amide bonds. The van der Waals surface area contributed by atoms with Gasteiger partial charge in [0.25, 0.3) is 0 Å². The molecule has 6 nitrogen and oxygen atoms in total. The maximum absolute atomic E-state index is 11.9. The smallest absolute Gasteiger partial charge is 0.315 e. The predicted molar refractivity (Wildman–Crippen MR) is 94.5 cm³/mol. The molecule has 0 spiro atoms. The Morgan fingerprint density at radius 2 is 2.17 bits per heavy atom. The monoisotopic (exact) mass is 334 g/mol. The highest BCUT2D eigenvalue weighted by Crippen LogP contribution is 2.13. The molecule has 1 aliphatic rings. The van der Waals surface area contributed by atoms with Gasteiger partial charge in [-0.1, -0.05) is 26.3 Å². The van der Waals surface area contributed by atoms with Gasteiger partial charge in [-0.15, -0.1) is 0 Å². The second-order valence-corrected chi connectivity index (χ2v) is 6.68. The molecule has 134 valence electrons. The molecule has 1 fully saturated rings. The molecule has 0 saturated carbocycles. The summed E-state index contributed by atoms with van der Waals surface area (Å²) in [5, 5.41) is 15.7. The molecule has 2 rings (SSSR count). The Balaban J connectivity index is 1.64. The number of nitrogens with zero attached hydrogens (tertiary/aromatic N) is 2. The summed E-state index contributed by atoms with van der Waals surface area (Å²) in [7, 11) is 0. The van der Waals surface area contributed by atoms with Gasteiger partial charge in [-0.25, -0.2) is 4.79 Å². The van der Waals surface area contributed by atoms with Crippen molar-refractivity contribution in [2.45, 2.75) is 51.8 Å². The van der Waals surface area contributed by atoms with Crippen LogP contribution < -0.4 is 10.6 Å². The topological polar surface area (TPSA) is 77.5 Å². The summed E-state index contributed by atoms with van der Waals surface area (Å²) in [5.74, 6) is 0.195. The Labute approximate surface area is 144 Å². The third-order valence-electron chi connectivity index (χ3n) is 4.81. The Morgan fingerprint density at radius 3 is 2.79 bits per heavy atom.